The molecule has 0 spiro atoms. The molecule has 0 amide bonds. The number of esters is 3. The van der Waals surface area contributed by atoms with Crippen molar-refractivity contribution in [1.82, 2.24) is 0 Å². The molecule has 0 aromatic carbocycles. The monoisotopic (exact) mass is 838 g/mol. The second-order valence-corrected chi connectivity index (χ2v) is 17.2. The number of hydrogen-bond acceptors (Lipinski definition) is 10. The number of likely N-dealkylation sites (N-methyl/N-ethyl adjacent to an activating group) is 1. The highest BCUT2D eigenvalue weighted by molar-refractivity contribution is 7.45. The Morgan fingerprint density at radius 1 is 0.603 bits per heavy atom. The Hall–Kier alpha value is -2.82. The van der Waals surface area contributed by atoms with E-state index < -0.39 is 32.5 Å². The molecule has 0 radical (unpaired) electrons. The summed E-state index contributed by atoms with van der Waals surface area (Å²) in [7, 11) is 1.05. The van der Waals surface area contributed by atoms with Crippen LogP contribution in [0.2, 0.25) is 0 Å². The number of hydrogen-bond donors (Lipinski definition) is 0. The van der Waals surface area contributed by atoms with Crippen molar-refractivity contribution in [3.05, 3.63) is 60.8 Å². The number of phosphoric ester groups is 1. The highest BCUT2D eigenvalue weighted by atomic mass is 31.2. The van der Waals surface area contributed by atoms with Crippen molar-refractivity contribution in [3.8, 4) is 0 Å². The Morgan fingerprint density at radius 2 is 1.14 bits per heavy atom. The van der Waals surface area contributed by atoms with Gasteiger partial charge in [0.15, 0.2) is 6.10 Å². The van der Waals surface area contributed by atoms with Crippen LogP contribution in [0.4, 0.5) is 0 Å². The number of nitrogens with zero attached hydrogens (tertiary/aromatic N) is 1. The van der Waals surface area contributed by atoms with Gasteiger partial charge in [-0.25, -0.2) is 9.59 Å². The maximum Gasteiger partial charge on any atom is 0.331 e. The van der Waals surface area contributed by atoms with Gasteiger partial charge in [0.1, 0.15) is 19.8 Å². The minimum absolute atomic E-state index is 0.0646. The van der Waals surface area contributed by atoms with E-state index in [0.717, 1.165) is 83.5 Å². The van der Waals surface area contributed by atoms with E-state index in [-0.39, 0.29) is 25.6 Å². The van der Waals surface area contributed by atoms with Gasteiger partial charge in [-0.05, 0) is 58.3 Å². The fraction of sp³-hybridized carbons (Fsp3) is 0.717. The minimum atomic E-state index is -4.67. The average Bonchev–Trinajstić information content (AvgIpc) is 3.17. The van der Waals surface area contributed by atoms with Crippen molar-refractivity contribution in [2.75, 3.05) is 54.1 Å². The van der Waals surface area contributed by atoms with Crippen LogP contribution in [0.15, 0.2) is 60.8 Å². The van der Waals surface area contributed by atoms with E-state index in [4.69, 9.17) is 23.3 Å². The van der Waals surface area contributed by atoms with Crippen molar-refractivity contribution in [2.24, 2.45) is 0 Å². The molecule has 0 saturated heterocycles. The third-order valence-electron chi connectivity index (χ3n) is 9.06. The number of unbranched alkanes of at least 4 members (excludes halogenated alkanes) is 18. The molecule has 11 nitrogen and oxygen atoms in total. The molecular formula is C46H80NO10P. The van der Waals surface area contributed by atoms with Gasteiger partial charge in [0.05, 0.1) is 34.4 Å². The van der Waals surface area contributed by atoms with Crippen LogP contribution in [-0.4, -0.2) is 82.6 Å². The Morgan fingerprint density at radius 3 is 1.74 bits per heavy atom. The molecule has 0 aliphatic rings. The second kappa shape index (κ2) is 38.4. The van der Waals surface area contributed by atoms with E-state index in [1.807, 2.05) is 40.2 Å². The zero-order valence-electron chi connectivity index (χ0n) is 36.9. The van der Waals surface area contributed by atoms with Crippen molar-refractivity contribution in [3.63, 3.8) is 0 Å². The normalized spacial score (nSPS) is 14.0. The molecular weight excluding hydrogens is 757 g/mol. The van der Waals surface area contributed by atoms with Gasteiger partial charge in [0.25, 0.3) is 7.82 Å². The number of carbonyl (C=O) groups is 3. The number of rotatable bonds is 39. The number of phosphoric acid groups is 1. The lowest BCUT2D eigenvalue weighted by Gasteiger charge is -2.28. The van der Waals surface area contributed by atoms with Crippen LogP contribution in [0.1, 0.15) is 155 Å². The van der Waals surface area contributed by atoms with Crippen LogP contribution in [0.25, 0.3) is 0 Å². The first kappa shape index (κ1) is 55.2. The molecule has 2 atom stereocenters. The number of allylic oxidation sites excluding steroid dienone is 8. The minimum Gasteiger partial charge on any atom is -0.756 e. The number of carbonyl (C=O) groups excluding carboxylic acids is 3. The largest absolute Gasteiger partial charge is 0.756 e. The van der Waals surface area contributed by atoms with Crippen LogP contribution < -0.4 is 4.89 Å². The average molecular weight is 838 g/mol. The SMILES string of the molecule is C/C=C/C=C/C(=O)OCCCCCCCCC/C=C/C=C/C(=O)O[C@H](COC(=O)CCCCCCC/C=C\CCCCCCCC)COP(=O)([O-])OCC[N+](C)(C)C. The van der Waals surface area contributed by atoms with Gasteiger partial charge in [-0.15, -0.1) is 0 Å². The summed E-state index contributed by atoms with van der Waals surface area (Å²) in [6.45, 7) is 4.08. The lowest BCUT2D eigenvalue weighted by Crippen LogP contribution is -2.37. The lowest BCUT2D eigenvalue weighted by atomic mass is 10.1. The summed E-state index contributed by atoms with van der Waals surface area (Å²) in [5.74, 6) is -1.46. The molecule has 0 aromatic heterocycles. The fourth-order valence-corrected chi connectivity index (χ4v) is 6.31. The first-order valence-corrected chi connectivity index (χ1v) is 23.6. The van der Waals surface area contributed by atoms with Crippen LogP contribution in [0, 0.1) is 0 Å². The molecule has 0 aliphatic heterocycles. The third-order valence-corrected chi connectivity index (χ3v) is 10.0. The topological polar surface area (TPSA) is 137 Å². The van der Waals surface area contributed by atoms with Crippen LogP contribution in [0.3, 0.4) is 0 Å². The molecule has 334 valence electrons. The van der Waals surface area contributed by atoms with Crippen LogP contribution in [-0.2, 0) is 42.2 Å². The van der Waals surface area contributed by atoms with Gasteiger partial charge < -0.3 is 32.6 Å². The maximum absolute atomic E-state index is 12.6. The summed E-state index contributed by atoms with van der Waals surface area (Å²) in [5.41, 5.74) is 0. The predicted octanol–water partition coefficient (Wildman–Crippen LogP) is 10.6. The molecule has 1 unspecified atom stereocenters. The zero-order chi connectivity index (χ0) is 43.0. The molecule has 0 aromatic rings. The van der Waals surface area contributed by atoms with Gasteiger partial charge in [0, 0.05) is 18.6 Å². The van der Waals surface area contributed by atoms with Crippen molar-refractivity contribution >= 4 is 25.7 Å². The Kier molecular flexibility index (Phi) is 36.5. The predicted molar refractivity (Wildman–Crippen MR) is 233 cm³/mol. The van der Waals surface area contributed by atoms with E-state index in [9.17, 15) is 23.8 Å². The van der Waals surface area contributed by atoms with Crippen molar-refractivity contribution < 1.29 is 51.6 Å². The lowest BCUT2D eigenvalue weighted by molar-refractivity contribution is -0.870. The molecule has 0 rings (SSSR count). The standard InChI is InChI=1S/C46H80NO10P/c1-6-8-10-11-12-13-14-15-16-17-19-22-25-28-32-36-45(49)54-41-43(42-56-58(51,52)55-40-38-47(3,4)5)57-46(50)37-33-29-26-23-20-18-21-24-27-30-34-39-53-44(48)35-31-9-7-2/h7,9,15-16,26,29,31,33,35,37,43H,6,8,10-14,17-25,27-28,30,32,34,36,38-42H2,1-5H3/b9-7+,16-15-,29-26+,35-31+,37-33+/t43-/m1/s1. The van der Waals surface area contributed by atoms with Gasteiger partial charge in [-0.3, -0.25) is 9.36 Å². The molecule has 0 aliphatic carbocycles. The molecule has 0 heterocycles. The first-order valence-electron chi connectivity index (χ1n) is 22.1. The highest BCUT2D eigenvalue weighted by Crippen LogP contribution is 2.38. The van der Waals surface area contributed by atoms with Crippen LogP contribution >= 0.6 is 7.82 Å². The molecule has 0 bridgehead atoms. The van der Waals surface area contributed by atoms with E-state index in [0.29, 0.717) is 24.1 Å². The summed E-state index contributed by atoms with van der Waals surface area (Å²) < 4.78 is 38.8. The van der Waals surface area contributed by atoms with Crippen LogP contribution in [0.5, 0.6) is 0 Å². The Bertz CT molecular complexity index is 1240. The molecule has 0 saturated carbocycles. The highest BCUT2D eigenvalue weighted by Gasteiger charge is 2.21. The molecule has 0 fully saturated rings. The first-order chi connectivity index (χ1) is 27.9. The second-order valence-electron chi connectivity index (χ2n) is 15.8. The fourth-order valence-electron chi connectivity index (χ4n) is 5.58. The molecule has 58 heavy (non-hydrogen) atoms. The Labute approximate surface area is 352 Å². The Balaban J connectivity index is 4.48. The van der Waals surface area contributed by atoms with E-state index in [1.54, 1.807) is 24.3 Å². The van der Waals surface area contributed by atoms with Gasteiger partial charge in [0.2, 0.25) is 0 Å². The third kappa shape index (κ3) is 41.3. The smallest absolute Gasteiger partial charge is 0.331 e. The maximum atomic E-state index is 12.6. The van der Waals surface area contributed by atoms with E-state index in [1.165, 1.54) is 57.1 Å². The van der Waals surface area contributed by atoms with E-state index in [2.05, 4.69) is 19.1 Å². The number of ether oxygens (including phenoxy) is 3. The van der Waals surface area contributed by atoms with Gasteiger partial charge in [-0.2, -0.15) is 0 Å². The number of quaternary nitrogens is 1. The van der Waals surface area contributed by atoms with Crippen molar-refractivity contribution in [2.45, 2.75) is 161 Å². The molecule has 0 N–H and O–H groups in total. The van der Waals surface area contributed by atoms with Crippen molar-refractivity contribution in [1.29, 1.82) is 0 Å². The summed E-state index contributed by atoms with van der Waals surface area (Å²) in [6, 6.07) is 0. The van der Waals surface area contributed by atoms with Gasteiger partial charge in [-0.1, -0.05) is 139 Å². The summed E-state index contributed by atoms with van der Waals surface area (Å²) in [6.07, 6.45) is 40.3. The molecule has 12 heteroatoms. The van der Waals surface area contributed by atoms with Gasteiger partial charge >= 0.3 is 17.9 Å². The van der Waals surface area contributed by atoms with E-state index >= 15 is 0 Å². The quantitative estimate of drug-likeness (QED) is 0.00859. The summed E-state index contributed by atoms with van der Waals surface area (Å²) in [5, 5.41) is 0. The summed E-state index contributed by atoms with van der Waals surface area (Å²) >= 11 is 0. The summed E-state index contributed by atoms with van der Waals surface area (Å²) in [4.78, 5) is 48.9. The zero-order valence-corrected chi connectivity index (χ0v) is 37.8.